The fourth-order valence-electron chi connectivity index (χ4n) is 3.63. The summed E-state index contributed by atoms with van der Waals surface area (Å²) >= 11 is 0. The first-order chi connectivity index (χ1) is 12.1. The van der Waals surface area contributed by atoms with Gasteiger partial charge in [0.1, 0.15) is 5.82 Å². The van der Waals surface area contributed by atoms with Gasteiger partial charge in [-0.3, -0.25) is 9.88 Å². The molecule has 0 radical (unpaired) electrons. The van der Waals surface area contributed by atoms with E-state index in [9.17, 15) is 9.50 Å². The molecule has 3 heterocycles. The molecule has 4 nitrogen and oxygen atoms in total. The van der Waals surface area contributed by atoms with Crippen LogP contribution in [0.2, 0.25) is 0 Å². The van der Waals surface area contributed by atoms with Crippen LogP contribution in [-0.4, -0.2) is 38.2 Å². The lowest BCUT2D eigenvalue weighted by Gasteiger charge is -2.38. The Balaban J connectivity index is 0.00000196. The van der Waals surface area contributed by atoms with E-state index in [1.165, 1.54) is 6.07 Å². The zero-order valence-electron chi connectivity index (χ0n) is 14.5. The van der Waals surface area contributed by atoms with Crippen molar-refractivity contribution in [1.82, 2.24) is 14.5 Å². The lowest BCUT2D eigenvalue weighted by atomic mass is 9.91. The van der Waals surface area contributed by atoms with Crippen LogP contribution in [-0.2, 0) is 13.1 Å². The van der Waals surface area contributed by atoms with E-state index >= 15 is 0 Å². The van der Waals surface area contributed by atoms with Crippen molar-refractivity contribution in [3.63, 3.8) is 0 Å². The molecule has 0 atom stereocenters. The number of halogens is 2. The van der Waals surface area contributed by atoms with E-state index in [-0.39, 0.29) is 18.2 Å². The van der Waals surface area contributed by atoms with Crippen molar-refractivity contribution in [3.05, 3.63) is 66.2 Å². The number of benzene rings is 1. The van der Waals surface area contributed by atoms with E-state index in [0.717, 1.165) is 29.7 Å². The molecule has 0 unspecified atom stereocenters. The highest BCUT2D eigenvalue weighted by atomic mass is 35.5. The zero-order chi connectivity index (χ0) is 17.3. The Hall–Kier alpha value is -1.95. The number of nitrogens with zero attached hydrogens (tertiary/aromatic N) is 3. The summed E-state index contributed by atoms with van der Waals surface area (Å²) in [7, 11) is 0. The molecule has 0 bridgehead atoms. The van der Waals surface area contributed by atoms with Crippen molar-refractivity contribution in [2.24, 2.45) is 0 Å². The summed E-state index contributed by atoms with van der Waals surface area (Å²) in [6, 6.07) is 12.8. The summed E-state index contributed by atoms with van der Waals surface area (Å²) in [6.07, 6.45) is 5.13. The molecule has 1 aliphatic heterocycles. The number of hydrogen-bond donors (Lipinski definition) is 1. The lowest BCUT2D eigenvalue weighted by molar-refractivity contribution is -0.0350. The molecule has 26 heavy (non-hydrogen) atoms. The number of aromatic nitrogens is 2. The maximum Gasteiger partial charge on any atom is 0.127 e. The molecule has 0 aliphatic carbocycles. The second-order valence-electron chi connectivity index (χ2n) is 6.94. The summed E-state index contributed by atoms with van der Waals surface area (Å²) < 4.78 is 15.9. The summed E-state index contributed by atoms with van der Waals surface area (Å²) in [5.41, 5.74) is 1.98. The second-order valence-corrected chi connectivity index (χ2v) is 6.94. The van der Waals surface area contributed by atoms with Crippen LogP contribution in [0, 0.1) is 5.82 Å². The monoisotopic (exact) mass is 375 g/mol. The maximum absolute atomic E-state index is 13.8. The van der Waals surface area contributed by atoms with Gasteiger partial charge in [-0.05, 0) is 37.1 Å². The van der Waals surface area contributed by atoms with Crippen LogP contribution in [0.1, 0.15) is 18.4 Å². The maximum atomic E-state index is 13.8. The minimum Gasteiger partial charge on any atom is -0.388 e. The molecule has 1 aliphatic rings. The van der Waals surface area contributed by atoms with Gasteiger partial charge in [-0.25, -0.2) is 4.39 Å². The van der Waals surface area contributed by atoms with Crippen LogP contribution in [0.25, 0.3) is 11.0 Å². The largest absolute Gasteiger partial charge is 0.388 e. The Kier molecular flexibility index (Phi) is 5.61. The molecular formula is C20H23ClFN3O. The van der Waals surface area contributed by atoms with Gasteiger partial charge in [-0.2, -0.15) is 0 Å². The van der Waals surface area contributed by atoms with E-state index in [1.807, 2.05) is 36.5 Å². The van der Waals surface area contributed by atoms with Gasteiger partial charge in [0.05, 0.1) is 23.2 Å². The number of aliphatic hydroxyl groups is 1. The molecule has 0 amide bonds. The molecule has 6 heteroatoms. The second kappa shape index (κ2) is 7.74. The van der Waals surface area contributed by atoms with E-state index in [0.29, 0.717) is 25.9 Å². The van der Waals surface area contributed by atoms with Gasteiger partial charge in [-0.15, -0.1) is 12.4 Å². The van der Waals surface area contributed by atoms with E-state index in [2.05, 4.69) is 14.5 Å². The summed E-state index contributed by atoms with van der Waals surface area (Å²) in [6.45, 7) is 2.69. The number of rotatable bonds is 4. The van der Waals surface area contributed by atoms with Crippen LogP contribution < -0.4 is 0 Å². The van der Waals surface area contributed by atoms with Crippen molar-refractivity contribution >= 4 is 23.4 Å². The summed E-state index contributed by atoms with van der Waals surface area (Å²) in [4.78, 5) is 6.55. The van der Waals surface area contributed by atoms with Crippen LogP contribution in [0.5, 0.6) is 0 Å². The van der Waals surface area contributed by atoms with E-state index in [1.54, 1.807) is 12.3 Å². The van der Waals surface area contributed by atoms with Crippen molar-refractivity contribution in [2.75, 3.05) is 13.1 Å². The molecule has 1 saturated heterocycles. The van der Waals surface area contributed by atoms with Gasteiger partial charge in [0.2, 0.25) is 0 Å². The van der Waals surface area contributed by atoms with Gasteiger partial charge in [0.25, 0.3) is 0 Å². The van der Waals surface area contributed by atoms with Crippen molar-refractivity contribution in [3.8, 4) is 0 Å². The van der Waals surface area contributed by atoms with Gasteiger partial charge in [-0.1, -0.05) is 18.2 Å². The molecule has 0 saturated carbocycles. The fourth-order valence-corrected chi connectivity index (χ4v) is 3.63. The third kappa shape index (κ3) is 3.90. The summed E-state index contributed by atoms with van der Waals surface area (Å²) in [5.74, 6) is -0.158. The Morgan fingerprint density at radius 3 is 2.62 bits per heavy atom. The number of likely N-dealkylation sites (tertiary alicyclic amines) is 1. The van der Waals surface area contributed by atoms with Gasteiger partial charge in [0.15, 0.2) is 0 Å². The van der Waals surface area contributed by atoms with Gasteiger partial charge in [0, 0.05) is 37.6 Å². The molecule has 138 valence electrons. The average molecular weight is 376 g/mol. The Morgan fingerprint density at radius 1 is 1.08 bits per heavy atom. The first-order valence-electron chi connectivity index (χ1n) is 8.71. The predicted molar refractivity (Wildman–Crippen MR) is 103 cm³/mol. The predicted octanol–water partition coefficient (Wildman–Crippen LogP) is 3.62. The smallest absolute Gasteiger partial charge is 0.127 e. The molecule has 0 spiro atoms. The third-order valence-corrected chi connectivity index (χ3v) is 5.14. The molecular weight excluding hydrogens is 353 g/mol. The van der Waals surface area contributed by atoms with Crippen LogP contribution >= 0.6 is 12.4 Å². The third-order valence-electron chi connectivity index (χ3n) is 5.14. The average Bonchev–Trinajstić information content (AvgIpc) is 3.02. The molecule has 1 aromatic carbocycles. The van der Waals surface area contributed by atoms with Crippen LogP contribution in [0.15, 0.2) is 54.9 Å². The highest BCUT2D eigenvalue weighted by Crippen LogP contribution is 2.27. The van der Waals surface area contributed by atoms with Gasteiger partial charge < -0.3 is 9.67 Å². The number of piperidine rings is 1. The molecule has 4 rings (SSSR count). The number of fused-ring (bicyclic) bond motifs is 1. The molecule has 2 aromatic heterocycles. The van der Waals surface area contributed by atoms with Gasteiger partial charge >= 0.3 is 0 Å². The molecule has 3 aromatic rings. The molecule has 1 N–H and O–H groups in total. The SMILES string of the molecule is Cl.OC1(Cn2ccc3ncccc32)CCN(Cc2ccccc2F)CC1. The first-order valence-corrected chi connectivity index (χ1v) is 8.71. The minimum absolute atomic E-state index is 0. The topological polar surface area (TPSA) is 41.3 Å². The number of hydrogen-bond acceptors (Lipinski definition) is 3. The fraction of sp³-hybridized carbons (Fsp3) is 0.350. The van der Waals surface area contributed by atoms with Crippen molar-refractivity contribution < 1.29 is 9.50 Å². The minimum atomic E-state index is -0.729. The van der Waals surface area contributed by atoms with Crippen LogP contribution in [0.4, 0.5) is 4.39 Å². The van der Waals surface area contributed by atoms with Crippen molar-refractivity contribution in [2.45, 2.75) is 31.5 Å². The Labute approximate surface area is 158 Å². The standard InChI is InChI=1S/C20H22FN3O.ClH/c21-17-5-2-1-4-16(17)14-23-12-8-20(25,9-13-23)15-24-11-7-18-19(24)6-3-10-22-18;/h1-7,10-11,25H,8-9,12-15H2;1H. The first kappa shape index (κ1) is 18.8. The van der Waals surface area contributed by atoms with Crippen molar-refractivity contribution in [1.29, 1.82) is 0 Å². The molecule has 1 fully saturated rings. The summed E-state index contributed by atoms with van der Waals surface area (Å²) in [5, 5.41) is 11.0. The highest BCUT2D eigenvalue weighted by molar-refractivity contribution is 5.85. The highest BCUT2D eigenvalue weighted by Gasteiger charge is 2.33. The number of pyridine rings is 1. The van der Waals surface area contributed by atoms with E-state index < -0.39 is 5.60 Å². The Morgan fingerprint density at radius 2 is 1.85 bits per heavy atom. The zero-order valence-corrected chi connectivity index (χ0v) is 15.3. The van der Waals surface area contributed by atoms with E-state index in [4.69, 9.17) is 0 Å². The van der Waals surface area contributed by atoms with Crippen LogP contribution in [0.3, 0.4) is 0 Å². The lowest BCUT2D eigenvalue weighted by Crippen LogP contribution is -2.46. The quantitative estimate of drug-likeness (QED) is 0.757. The normalized spacial score (nSPS) is 17.2. The Bertz CT molecular complexity index is 874.